The maximum absolute atomic E-state index is 11.9. The van der Waals surface area contributed by atoms with Gasteiger partial charge in [0.05, 0.1) is 17.0 Å². The van der Waals surface area contributed by atoms with Crippen molar-refractivity contribution >= 4 is 17.3 Å². The number of benzene rings is 1. The van der Waals surface area contributed by atoms with E-state index in [-0.39, 0.29) is 23.5 Å². The Morgan fingerprint density at radius 2 is 2.30 bits per heavy atom. The number of anilines is 1. The summed E-state index contributed by atoms with van der Waals surface area (Å²) >= 11 is 0. The molecule has 2 aromatic rings. The number of amides is 1. The van der Waals surface area contributed by atoms with Crippen molar-refractivity contribution in [2.75, 3.05) is 5.73 Å². The molecule has 104 valence electrons. The van der Waals surface area contributed by atoms with Gasteiger partial charge in [-0.2, -0.15) is 4.98 Å². The number of nitrogens with one attached hydrogen (secondary N) is 1. The minimum atomic E-state index is -0.598. The minimum Gasteiger partial charge on any atom is -0.398 e. The Morgan fingerprint density at radius 3 is 2.90 bits per heavy atom. The van der Waals surface area contributed by atoms with E-state index in [0.717, 1.165) is 6.07 Å². The number of carbonyl (C=O) groups is 1. The van der Waals surface area contributed by atoms with Gasteiger partial charge in [0.25, 0.3) is 11.6 Å². The summed E-state index contributed by atoms with van der Waals surface area (Å²) < 4.78 is 4.75. The average molecular weight is 277 g/mol. The van der Waals surface area contributed by atoms with Gasteiger partial charge in [0.1, 0.15) is 0 Å². The number of rotatable bonds is 4. The van der Waals surface area contributed by atoms with Crippen LogP contribution in [0.25, 0.3) is 0 Å². The van der Waals surface area contributed by atoms with Crippen LogP contribution in [0.1, 0.15) is 22.1 Å². The highest BCUT2D eigenvalue weighted by Gasteiger charge is 2.15. The molecule has 9 heteroatoms. The lowest BCUT2D eigenvalue weighted by atomic mass is 10.1. The van der Waals surface area contributed by atoms with Crippen molar-refractivity contribution in [1.82, 2.24) is 15.5 Å². The van der Waals surface area contributed by atoms with E-state index in [1.54, 1.807) is 6.92 Å². The highest BCUT2D eigenvalue weighted by molar-refractivity contribution is 5.99. The predicted molar refractivity (Wildman–Crippen MR) is 67.7 cm³/mol. The molecule has 0 atom stereocenters. The van der Waals surface area contributed by atoms with Crippen molar-refractivity contribution in [2.24, 2.45) is 0 Å². The Bertz CT molecular complexity index is 667. The standard InChI is InChI=1S/C11H11N5O4/c1-6-14-10(15-20-6)5-13-11(17)8-4-7(16(18)19)2-3-9(8)12/h2-4H,5,12H2,1H3,(H,13,17). The van der Waals surface area contributed by atoms with Crippen molar-refractivity contribution in [2.45, 2.75) is 13.5 Å². The molecular weight excluding hydrogens is 266 g/mol. The minimum absolute atomic E-state index is 0.0272. The first-order valence-corrected chi connectivity index (χ1v) is 5.58. The number of hydrogen-bond acceptors (Lipinski definition) is 7. The second-order valence-corrected chi connectivity index (χ2v) is 3.94. The van der Waals surface area contributed by atoms with Crippen LogP contribution < -0.4 is 11.1 Å². The molecule has 0 aliphatic rings. The SMILES string of the molecule is Cc1nc(CNC(=O)c2cc([N+](=O)[O-])ccc2N)no1. The van der Waals surface area contributed by atoms with Crippen molar-refractivity contribution < 1.29 is 14.2 Å². The van der Waals surface area contributed by atoms with Crippen LogP contribution in [-0.2, 0) is 6.54 Å². The highest BCUT2D eigenvalue weighted by atomic mass is 16.6. The molecule has 1 heterocycles. The molecule has 20 heavy (non-hydrogen) atoms. The molecule has 0 aliphatic carbocycles. The third-order valence-corrected chi connectivity index (χ3v) is 2.47. The van der Waals surface area contributed by atoms with Crippen LogP contribution >= 0.6 is 0 Å². The van der Waals surface area contributed by atoms with Gasteiger partial charge >= 0.3 is 0 Å². The Hall–Kier alpha value is -2.97. The third-order valence-electron chi connectivity index (χ3n) is 2.47. The lowest BCUT2D eigenvalue weighted by molar-refractivity contribution is -0.384. The van der Waals surface area contributed by atoms with E-state index in [9.17, 15) is 14.9 Å². The number of carbonyl (C=O) groups excluding carboxylic acids is 1. The normalized spacial score (nSPS) is 10.2. The fraction of sp³-hybridized carbons (Fsp3) is 0.182. The number of hydrogen-bond donors (Lipinski definition) is 2. The van der Waals surface area contributed by atoms with Gasteiger partial charge < -0.3 is 15.6 Å². The molecule has 1 aromatic carbocycles. The van der Waals surface area contributed by atoms with Crippen molar-refractivity contribution in [3.63, 3.8) is 0 Å². The molecule has 3 N–H and O–H groups in total. The molecule has 0 radical (unpaired) electrons. The van der Waals surface area contributed by atoms with Crippen LogP contribution in [0.4, 0.5) is 11.4 Å². The molecule has 0 bridgehead atoms. The molecule has 1 amide bonds. The largest absolute Gasteiger partial charge is 0.398 e. The number of nitrogens with zero attached hydrogens (tertiary/aromatic N) is 3. The first-order chi connectivity index (χ1) is 9.47. The zero-order valence-electron chi connectivity index (χ0n) is 10.5. The van der Waals surface area contributed by atoms with Crippen molar-refractivity contribution in [3.8, 4) is 0 Å². The second-order valence-electron chi connectivity index (χ2n) is 3.94. The zero-order valence-corrected chi connectivity index (χ0v) is 10.5. The summed E-state index contributed by atoms with van der Waals surface area (Å²) in [5.74, 6) is 0.137. The zero-order chi connectivity index (χ0) is 14.7. The Morgan fingerprint density at radius 1 is 1.55 bits per heavy atom. The van der Waals surface area contributed by atoms with Gasteiger partial charge in [0.15, 0.2) is 5.82 Å². The lowest BCUT2D eigenvalue weighted by Crippen LogP contribution is -2.24. The maximum Gasteiger partial charge on any atom is 0.270 e. The summed E-state index contributed by atoms with van der Waals surface area (Å²) in [7, 11) is 0. The van der Waals surface area contributed by atoms with Gasteiger partial charge in [-0.05, 0) is 6.07 Å². The fourth-order valence-electron chi connectivity index (χ4n) is 1.52. The summed E-state index contributed by atoms with van der Waals surface area (Å²) in [5, 5.41) is 16.8. The van der Waals surface area contributed by atoms with Crippen LogP contribution in [0.3, 0.4) is 0 Å². The molecule has 0 saturated carbocycles. The molecule has 0 spiro atoms. The number of nitro benzene ring substituents is 1. The quantitative estimate of drug-likeness (QED) is 0.478. The number of nitrogen functional groups attached to an aromatic ring is 1. The number of nitrogens with two attached hydrogens (primary N) is 1. The van der Waals surface area contributed by atoms with Crippen LogP contribution in [0.5, 0.6) is 0 Å². The summed E-state index contributed by atoms with van der Waals surface area (Å²) in [5.41, 5.74) is 5.60. The molecular formula is C11H11N5O4. The highest BCUT2D eigenvalue weighted by Crippen LogP contribution is 2.19. The van der Waals surface area contributed by atoms with Gasteiger partial charge in [-0.1, -0.05) is 5.16 Å². The van der Waals surface area contributed by atoms with E-state index in [4.69, 9.17) is 10.3 Å². The van der Waals surface area contributed by atoms with Gasteiger partial charge in [-0.3, -0.25) is 14.9 Å². The molecule has 0 fully saturated rings. The number of aromatic nitrogens is 2. The third kappa shape index (κ3) is 2.88. The Balaban J connectivity index is 2.12. The van der Waals surface area contributed by atoms with Crippen molar-refractivity contribution in [1.29, 1.82) is 0 Å². The van der Waals surface area contributed by atoms with E-state index < -0.39 is 10.8 Å². The van der Waals surface area contributed by atoms with Crippen LogP contribution in [0.15, 0.2) is 22.7 Å². The fourth-order valence-corrected chi connectivity index (χ4v) is 1.52. The van der Waals surface area contributed by atoms with Crippen LogP contribution in [0, 0.1) is 17.0 Å². The van der Waals surface area contributed by atoms with Crippen LogP contribution in [0.2, 0.25) is 0 Å². The van der Waals surface area contributed by atoms with Crippen molar-refractivity contribution in [3.05, 3.63) is 45.6 Å². The maximum atomic E-state index is 11.9. The number of aryl methyl sites for hydroxylation is 1. The average Bonchev–Trinajstić information content (AvgIpc) is 2.82. The monoisotopic (exact) mass is 277 g/mol. The summed E-state index contributed by atoms with van der Waals surface area (Å²) in [4.78, 5) is 25.9. The smallest absolute Gasteiger partial charge is 0.270 e. The molecule has 0 saturated heterocycles. The second kappa shape index (κ2) is 5.34. The molecule has 9 nitrogen and oxygen atoms in total. The van der Waals surface area contributed by atoms with Gasteiger partial charge in [0.2, 0.25) is 5.89 Å². The van der Waals surface area contributed by atoms with Crippen LogP contribution in [-0.4, -0.2) is 21.0 Å². The lowest BCUT2D eigenvalue weighted by Gasteiger charge is -2.05. The van der Waals surface area contributed by atoms with Gasteiger partial charge in [-0.25, -0.2) is 0 Å². The molecule has 2 rings (SSSR count). The van der Waals surface area contributed by atoms with E-state index in [1.165, 1.54) is 12.1 Å². The Kier molecular flexibility index (Phi) is 3.60. The molecule has 0 aliphatic heterocycles. The first kappa shape index (κ1) is 13.5. The van der Waals surface area contributed by atoms with Gasteiger partial charge in [-0.15, -0.1) is 0 Å². The van der Waals surface area contributed by atoms with E-state index in [2.05, 4.69) is 15.5 Å². The summed E-state index contributed by atoms with van der Waals surface area (Å²) in [6.45, 7) is 1.66. The number of non-ortho nitro benzene ring substituents is 1. The Labute approximate surface area is 112 Å². The summed E-state index contributed by atoms with van der Waals surface area (Å²) in [6, 6.07) is 3.66. The number of nitro groups is 1. The molecule has 0 unspecified atom stereocenters. The summed E-state index contributed by atoms with van der Waals surface area (Å²) in [6.07, 6.45) is 0. The van der Waals surface area contributed by atoms with E-state index >= 15 is 0 Å². The topological polar surface area (TPSA) is 137 Å². The van der Waals surface area contributed by atoms with E-state index in [0.29, 0.717) is 11.7 Å². The molecule has 1 aromatic heterocycles. The van der Waals surface area contributed by atoms with Gasteiger partial charge in [0, 0.05) is 24.7 Å². The first-order valence-electron chi connectivity index (χ1n) is 5.58. The predicted octanol–water partition coefficient (Wildman–Crippen LogP) is 0.798. The van der Waals surface area contributed by atoms with E-state index in [1.807, 2.05) is 0 Å².